The number of anilines is 6. The van der Waals surface area contributed by atoms with E-state index in [1.165, 1.54) is 132 Å². The van der Waals surface area contributed by atoms with Gasteiger partial charge < -0.3 is 9.80 Å². The zero-order valence-electron chi connectivity index (χ0n) is 45.1. The lowest BCUT2D eigenvalue weighted by molar-refractivity contribution is 0.332. The van der Waals surface area contributed by atoms with Crippen LogP contribution in [0, 0.1) is 6.92 Å². The standard InChI is InChI=1S/C65H79BN2/c1-40-32-46-48(64(15,16)30-28-62(46,11)12)38-53(40)68-54-34-43(60(5,6)7)24-26-50(54)66-51-37-47-49(65(17,18)31-29-63(47,13)14)39-55(51)67(56-35-44(61(8,9)10)36-57(68)58(56)66)52-27-25-42(59(2,3)4)33-45(52)41-22-20-19-21-23-41/h19-27,32-39H,28-31H2,1-18H3. The molecular weight excluding hydrogens is 820 g/mol. The smallest absolute Gasteiger partial charge is 0.252 e. The van der Waals surface area contributed by atoms with Gasteiger partial charge in [0.15, 0.2) is 0 Å². The molecule has 0 saturated heterocycles. The summed E-state index contributed by atoms with van der Waals surface area (Å²) < 4.78 is 0. The average Bonchev–Trinajstić information content (AvgIpc) is 3.25. The molecule has 0 fully saturated rings. The average molecular weight is 899 g/mol. The van der Waals surface area contributed by atoms with Crippen molar-refractivity contribution in [1.29, 1.82) is 0 Å². The van der Waals surface area contributed by atoms with Crippen LogP contribution in [-0.4, -0.2) is 6.71 Å². The Bertz CT molecular complexity index is 3030. The van der Waals surface area contributed by atoms with E-state index in [4.69, 9.17) is 0 Å². The van der Waals surface area contributed by atoms with Gasteiger partial charge in [-0.15, -0.1) is 0 Å². The lowest BCUT2D eigenvalue weighted by Gasteiger charge is -2.49. The molecule has 0 N–H and O–H groups in total. The second-order valence-corrected chi connectivity index (χ2v) is 27.3. The minimum absolute atomic E-state index is 0.0143. The van der Waals surface area contributed by atoms with Crippen LogP contribution in [0.5, 0.6) is 0 Å². The fourth-order valence-corrected chi connectivity index (χ4v) is 12.5. The highest BCUT2D eigenvalue weighted by atomic mass is 15.2. The lowest BCUT2D eigenvalue weighted by atomic mass is 9.33. The van der Waals surface area contributed by atoms with E-state index in [9.17, 15) is 0 Å². The van der Waals surface area contributed by atoms with Crippen LogP contribution in [0.2, 0.25) is 0 Å². The Morgan fingerprint density at radius 2 is 0.824 bits per heavy atom. The van der Waals surface area contributed by atoms with Crippen LogP contribution < -0.4 is 26.2 Å². The van der Waals surface area contributed by atoms with Crippen LogP contribution in [-0.2, 0) is 37.9 Å². The van der Waals surface area contributed by atoms with Gasteiger partial charge in [0.1, 0.15) is 0 Å². The first kappa shape index (κ1) is 46.7. The molecule has 0 radical (unpaired) electrons. The fraction of sp³-hybridized carbons (Fsp3) is 0.446. The van der Waals surface area contributed by atoms with E-state index in [0.717, 1.165) is 0 Å². The van der Waals surface area contributed by atoms with Crippen molar-refractivity contribution in [3.63, 3.8) is 0 Å². The molecule has 0 atom stereocenters. The summed E-state index contributed by atoms with van der Waals surface area (Å²) in [5.74, 6) is 0. The molecule has 0 unspecified atom stereocenters. The molecule has 0 aromatic heterocycles. The van der Waals surface area contributed by atoms with Gasteiger partial charge in [0.05, 0.1) is 5.69 Å². The molecule has 4 aliphatic rings. The number of hydrogen-bond donors (Lipinski definition) is 0. The molecule has 2 aliphatic heterocycles. The van der Waals surface area contributed by atoms with Crippen molar-refractivity contribution < 1.29 is 0 Å². The highest BCUT2D eigenvalue weighted by molar-refractivity contribution is 7.00. The van der Waals surface area contributed by atoms with E-state index in [1.54, 1.807) is 0 Å². The molecular formula is C65H79BN2. The number of nitrogens with zero attached hydrogens (tertiary/aromatic N) is 2. The van der Waals surface area contributed by atoms with Gasteiger partial charge in [-0.1, -0.05) is 178 Å². The zero-order chi connectivity index (χ0) is 49.1. The van der Waals surface area contributed by atoms with Crippen molar-refractivity contribution in [3.8, 4) is 11.1 Å². The van der Waals surface area contributed by atoms with Crippen LogP contribution in [0.25, 0.3) is 11.1 Å². The Kier molecular flexibility index (Phi) is 10.3. The highest BCUT2D eigenvalue weighted by Gasteiger charge is 2.48. The van der Waals surface area contributed by atoms with E-state index in [-0.39, 0.29) is 44.6 Å². The van der Waals surface area contributed by atoms with E-state index in [2.05, 4.69) is 238 Å². The van der Waals surface area contributed by atoms with E-state index < -0.39 is 0 Å². The SMILES string of the molecule is Cc1cc2c(cc1N1c3cc(C(C)(C)C)ccc3B3c4cc5c(cc4N(c4ccc(C(C)(C)C)cc4-c4ccccc4)c4cc(C(C)(C)C)cc1c43)C(C)(C)CCC5(C)C)C(C)(C)CCC2(C)C. The number of benzene rings is 6. The van der Waals surface area contributed by atoms with Gasteiger partial charge in [-0.25, -0.2) is 0 Å². The van der Waals surface area contributed by atoms with Gasteiger partial charge in [0, 0.05) is 34.0 Å². The quantitative estimate of drug-likeness (QED) is 0.163. The number of hydrogen-bond acceptors (Lipinski definition) is 2. The highest BCUT2D eigenvalue weighted by Crippen LogP contribution is 2.54. The van der Waals surface area contributed by atoms with Crippen LogP contribution >= 0.6 is 0 Å². The third kappa shape index (κ3) is 7.33. The third-order valence-electron chi connectivity index (χ3n) is 17.4. The van der Waals surface area contributed by atoms with Crippen LogP contribution in [0.4, 0.5) is 34.1 Å². The summed E-state index contributed by atoms with van der Waals surface area (Å²) >= 11 is 0. The zero-order valence-corrected chi connectivity index (χ0v) is 45.1. The van der Waals surface area contributed by atoms with E-state index in [0.29, 0.717) is 0 Å². The summed E-state index contributed by atoms with van der Waals surface area (Å²) in [6.45, 7) is 43.6. The van der Waals surface area contributed by atoms with Crippen molar-refractivity contribution in [3.05, 3.63) is 148 Å². The molecule has 352 valence electrons. The first-order chi connectivity index (χ1) is 31.5. The van der Waals surface area contributed by atoms with Crippen molar-refractivity contribution in [2.24, 2.45) is 0 Å². The molecule has 2 aliphatic carbocycles. The molecule has 6 aromatic carbocycles. The molecule has 0 saturated carbocycles. The van der Waals surface area contributed by atoms with Gasteiger partial charge in [0.2, 0.25) is 0 Å². The Morgan fingerprint density at radius 1 is 0.397 bits per heavy atom. The lowest BCUT2D eigenvalue weighted by Crippen LogP contribution is -2.62. The fourth-order valence-electron chi connectivity index (χ4n) is 12.5. The molecule has 6 aromatic rings. The van der Waals surface area contributed by atoms with E-state index >= 15 is 0 Å². The Balaban J connectivity index is 1.39. The number of aryl methyl sites for hydroxylation is 1. The van der Waals surface area contributed by atoms with Gasteiger partial charge >= 0.3 is 0 Å². The molecule has 0 spiro atoms. The van der Waals surface area contributed by atoms with Gasteiger partial charge in [0.25, 0.3) is 6.71 Å². The van der Waals surface area contributed by atoms with Crippen molar-refractivity contribution in [2.45, 2.75) is 188 Å². The van der Waals surface area contributed by atoms with Crippen LogP contribution in [0.1, 0.15) is 188 Å². The van der Waals surface area contributed by atoms with Crippen molar-refractivity contribution in [2.75, 3.05) is 9.80 Å². The van der Waals surface area contributed by atoms with Crippen molar-refractivity contribution >= 4 is 57.2 Å². The maximum Gasteiger partial charge on any atom is 0.252 e. The normalized spacial score (nSPS) is 18.6. The summed E-state index contributed by atoms with van der Waals surface area (Å²) in [6.07, 6.45) is 4.72. The second-order valence-electron chi connectivity index (χ2n) is 27.3. The Hall–Kier alpha value is -5.02. The molecule has 2 nitrogen and oxygen atoms in total. The summed E-state index contributed by atoms with van der Waals surface area (Å²) in [4.78, 5) is 5.46. The minimum Gasteiger partial charge on any atom is -0.311 e. The van der Waals surface area contributed by atoms with E-state index in [1.807, 2.05) is 0 Å². The molecule has 68 heavy (non-hydrogen) atoms. The molecule has 3 heteroatoms. The first-order valence-electron chi connectivity index (χ1n) is 26.0. The summed E-state index contributed by atoms with van der Waals surface area (Å²) in [5, 5.41) is 0. The third-order valence-corrected chi connectivity index (χ3v) is 17.4. The van der Waals surface area contributed by atoms with Crippen LogP contribution in [0.3, 0.4) is 0 Å². The Labute approximate surface area is 412 Å². The second kappa shape index (κ2) is 15.0. The number of fused-ring (bicyclic) bond motifs is 6. The maximum absolute atomic E-state index is 2.73. The van der Waals surface area contributed by atoms with Crippen molar-refractivity contribution in [1.82, 2.24) is 0 Å². The monoisotopic (exact) mass is 899 g/mol. The summed E-state index contributed by atoms with van der Waals surface area (Å²) in [5.41, 5.74) is 26.1. The summed E-state index contributed by atoms with van der Waals surface area (Å²) in [7, 11) is 0. The molecule has 2 heterocycles. The maximum atomic E-state index is 2.73. The molecule has 0 bridgehead atoms. The minimum atomic E-state index is -0.122. The number of rotatable bonds is 3. The van der Waals surface area contributed by atoms with Gasteiger partial charge in [-0.3, -0.25) is 0 Å². The molecule has 10 rings (SSSR count). The first-order valence-corrected chi connectivity index (χ1v) is 26.0. The summed E-state index contributed by atoms with van der Waals surface area (Å²) in [6, 6.07) is 41.9. The largest absolute Gasteiger partial charge is 0.311 e. The molecule has 0 amide bonds. The predicted molar refractivity (Wildman–Crippen MR) is 297 cm³/mol. The predicted octanol–water partition coefficient (Wildman–Crippen LogP) is 16.3. The topological polar surface area (TPSA) is 6.48 Å². The van der Waals surface area contributed by atoms with Crippen LogP contribution in [0.15, 0.2) is 103 Å². The van der Waals surface area contributed by atoms with Gasteiger partial charge in [-0.2, -0.15) is 0 Å². The van der Waals surface area contributed by atoms with Gasteiger partial charge in [-0.05, 0) is 179 Å². The Morgan fingerprint density at radius 3 is 1.35 bits per heavy atom.